The molecule has 1 aliphatic heterocycles. The first-order valence-corrected chi connectivity index (χ1v) is 10.5. The van der Waals surface area contributed by atoms with Crippen molar-refractivity contribution in [2.45, 2.75) is 64.0 Å². The Morgan fingerprint density at radius 1 is 1.24 bits per heavy atom. The molecule has 1 N–H and O–H groups in total. The fraction of sp³-hybridized carbons (Fsp3) is 1.00. The van der Waals surface area contributed by atoms with E-state index in [0.29, 0.717) is 18.5 Å². The third kappa shape index (κ3) is 5.22. The van der Waals surface area contributed by atoms with Gasteiger partial charge in [-0.25, -0.2) is 8.42 Å². The average Bonchev–Trinajstić information content (AvgIpc) is 2.39. The molecule has 1 saturated carbocycles. The van der Waals surface area contributed by atoms with E-state index in [9.17, 15) is 8.42 Å². The second kappa shape index (κ2) is 6.97. The number of rotatable bonds is 5. The first-order chi connectivity index (χ1) is 9.80. The molecule has 1 spiro atoms. The molecule has 21 heavy (non-hydrogen) atoms. The Kier molecular flexibility index (Phi) is 5.71. The summed E-state index contributed by atoms with van der Waals surface area (Å²) in [6.07, 6.45) is 8.95. The molecule has 1 unspecified atom stereocenters. The van der Waals surface area contributed by atoms with E-state index in [-0.39, 0.29) is 11.3 Å². The van der Waals surface area contributed by atoms with Crippen molar-refractivity contribution in [1.29, 1.82) is 0 Å². The van der Waals surface area contributed by atoms with E-state index >= 15 is 0 Å². The third-order valence-electron chi connectivity index (χ3n) is 5.04. The highest BCUT2D eigenvalue weighted by atomic mass is 32.2. The van der Waals surface area contributed by atoms with Gasteiger partial charge in [0.25, 0.3) is 0 Å². The Morgan fingerprint density at radius 2 is 1.90 bits per heavy atom. The van der Waals surface area contributed by atoms with E-state index in [2.05, 4.69) is 24.1 Å². The van der Waals surface area contributed by atoms with Crippen LogP contribution in [-0.2, 0) is 9.84 Å². The van der Waals surface area contributed by atoms with Gasteiger partial charge in [-0.1, -0.05) is 33.1 Å². The summed E-state index contributed by atoms with van der Waals surface area (Å²) in [5.41, 5.74) is 0.253. The van der Waals surface area contributed by atoms with Crippen LogP contribution in [0.4, 0.5) is 0 Å². The lowest BCUT2D eigenvalue weighted by atomic mass is 9.79. The molecule has 1 saturated heterocycles. The van der Waals surface area contributed by atoms with Gasteiger partial charge in [0.2, 0.25) is 0 Å². The van der Waals surface area contributed by atoms with Crippen LogP contribution < -0.4 is 5.32 Å². The van der Waals surface area contributed by atoms with Crippen molar-refractivity contribution in [1.82, 2.24) is 10.2 Å². The minimum Gasteiger partial charge on any atom is -0.308 e. The molecule has 2 fully saturated rings. The number of hydrogen-bond donors (Lipinski definition) is 1. The van der Waals surface area contributed by atoms with Gasteiger partial charge in [0.1, 0.15) is 9.84 Å². The van der Waals surface area contributed by atoms with Crippen molar-refractivity contribution in [3.05, 3.63) is 0 Å². The first kappa shape index (κ1) is 17.2. The van der Waals surface area contributed by atoms with Crippen LogP contribution in [-0.4, -0.2) is 56.5 Å². The van der Waals surface area contributed by atoms with Gasteiger partial charge in [-0.2, -0.15) is 0 Å². The summed E-state index contributed by atoms with van der Waals surface area (Å²) in [4.78, 5) is 2.46. The minimum absolute atomic E-state index is 0.253. The lowest BCUT2D eigenvalue weighted by Gasteiger charge is -2.50. The van der Waals surface area contributed by atoms with Crippen LogP contribution in [0.5, 0.6) is 0 Å². The summed E-state index contributed by atoms with van der Waals surface area (Å²) in [6, 6.07) is 0.485. The number of nitrogens with zero attached hydrogens (tertiary/aromatic N) is 1. The molecule has 0 aromatic rings. The SMILES string of the molecule is CC(C)CC1CNC2(CCCCC2)CN1CCS(C)(=O)=O. The van der Waals surface area contributed by atoms with Gasteiger partial charge in [-0.15, -0.1) is 0 Å². The molecule has 1 aliphatic carbocycles. The molecule has 0 aromatic carbocycles. The van der Waals surface area contributed by atoms with Gasteiger partial charge in [0, 0.05) is 37.5 Å². The zero-order valence-electron chi connectivity index (χ0n) is 13.9. The molecule has 2 aliphatic rings. The predicted molar refractivity (Wildman–Crippen MR) is 88.3 cm³/mol. The molecule has 4 nitrogen and oxygen atoms in total. The third-order valence-corrected chi connectivity index (χ3v) is 5.96. The fourth-order valence-corrected chi connectivity index (χ4v) is 4.49. The van der Waals surface area contributed by atoms with Gasteiger partial charge in [-0.05, 0) is 25.2 Å². The summed E-state index contributed by atoms with van der Waals surface area (Å²) < 4.78 is 23.1. The first-order valence-electron chi connectivity index (χ1n) is 8.46. The van der Waals surface area contributed by atoms with Crippen molar-refractivity contribution in [2.24, 2.45) is 5.92 Å². The van der Waals surface area contributed by atoms with Crippen LogP contribution in [0.25, 0.3) is 0 Å². The van der Waals surface area contributed by atoms with Gasteiger partial charge in [-0.3, -0.25) is 4.90 Å². The van der Waals surface area contributed by atoms with Crippen molar-refractivity contribution >= 4 is 9.84 Å². The topological polar surface area (TPSA) is 49.4 Å². The largest absolute Gasteiger partial charge is 0.308 e. The molecule has 5 heteroatoms. The lowest BCUT2D eigenvalue weighted by Crippen LogP contribution is -2.65. The molecule has 2 rings (SSSR count). The van der Waals surface area contributed by atoms with Gasteiger partial charge < -0.3 is 5.32 Å². The zero-order valence-corrected chi connectivity index (χ0v) is 14.7. The number of piperazine rings is 1. The predicted octanol–water partition coefficient (Wildman–Crippen LogP) is 2.05. The van der Waals surface area contributed by atoms with Crippen molar-refractivity contribution in [2.75, 3.05) is 31.6 Å². The lowest BCUT2D eigenvalue weighted by molar-refractivity contribution is 0.0515. The maximum Gasteiger partial charge on any atom is 0.148 e. The Hall–Kier alpha value is -0.130. The van der Waals surface area contributed by atoms with Crippen LogP contribution in [0.2, 0.25) is 0 Å². The van der Waals surface area contributed by atoms with Crippen LogP contribution >= 0.6 is 0 Å². The minimum atomic E-state index is -2.88. The number of hydrogen-bond acceptors (Lipinski definition) is 4. The Morgan fingerprint density at radius 3 is 2.48 bits per heavy atom. The maximum atomic E-state index is 11.5. The van der Waals surface area contributed by atoms with Crippen LogP contribution in [0.3, 0.4) is 0 Å². The monoisotopic (exact) mass is 316 g/mol. The molecule has 0 bridgehead atoms. The summed E-state index contributed by atoms with van der Waals surface area (Å²) in [6.45, 7) is 7.24. The molecule has 0 amide bonds. The van der Waals surface area contributed by atoms with E-state index in [4.69, 9.17) is 0 Å². The zero-order chi connectivity index (χ0) is 15.5. The standard InChI is InChI=1S/C16H32N2O2S/c1-14(2)11-15-12-17-16(7-5-4-6-8-16)13-18(15)9-10-21(3,19)20/h14-15,17H,4-13H2,1-3H3. The summed E-state index contributed by atoms with van der Waals surface area (Å²) in [7, 11) is -2.88. The number of sulfone groups is 1. The van der Waals surface area contributed by atoms with Gasteiger partial charge in [0.15, 0.2) is 0 Å². The highest BCUT2D eigenvalue weighted by Gasteiger charge is 2.39. The van der Waals surface area contributed by atoms with E-state index in [1.54, 1.807) is 0 Å². The van der Waals surface area contributed by atoms with Crippen LogP contribution in [0, 0.1) is 5.92 Å². The number of nitrogens with one attached hydrogen (secondary N) is 1. The smallest absolute Gasteiger partial charge is 0.148 e. The Bertz CT molecular complexity index is 428. The molecular weight excluding hydrogens is 284 g/mol. The molecule has 0 aromatic heterocycles. The van der Waals surface area contributed by atoms with Crippen molar-refractivity contribution in [3.8, 4) is 0 Å². The quantitative estimate of drug-likeness (QED) is 0.843. The molecule has 1 atom stereocenters. The normalized spacial score (nSPS) is 27.3. The highest BCUT2D eigenvalue weighted by molar-refractivity contribution is 7.90. The second-order valence-electron chi connectivity index (χ2n) is 7.61. The van der Waals surface area contributed by atoms with Crippen LogP contribution in [0.1, 0.15) is 52.4 Å². The molecule has 0 radical (unpaired) electrons. The summed E-state index contributed by atoms with van der Waals surface area (Å²) >= 11 is 0. The van der Waals surface area contributed by atoms with E-state index < -0.39 is 9.84 Å². The van der Waals surface area contributed by atoms with E-state index in [1.165, 1.54) is 38.4 Å². The van der Waals surface area contributed by atoms with Crippen molar-refractivity contribution in [3.63, 3.8) is 0 Å². The Labute approximate surface area is 130 Å². The molecule has 1 heterocycles. The summed E-state index contributed by atoms with van der Waals surface area (Å²) in [5, 5.41) is 3.83. The van der Waals surface area contributed by atoms with Crippen LogP contribution in [0.15, 0.2) is 0 Å². The van der Waals surface area contributed by atoms with Crippen molar-refractivity contribution < 1.29 is 8.42 Å². The fourth-order valence-electron chi connectivity index (χ4n) is 3.92. The van der Waals surface area contributed by atoms with E-state index in [1.807, 2.05) is 0 Å². The Balaban J connectivity index is 2.03. The van der Waals surface area contributed by atoms with Gasteiger partial charge in [0.05, 0.1) is 5.75 Å². The highest BCUT2D eigenvalue weighted by Crippen LogP contribution is 2.32. The maximum absolute atomic E-state index is 11.5. The molecule has 124 valence electrons. The average molecular weight is 317 g/mol. The summed E-state index contributed by atoms with van der Waals surface area (Å²) in [5.74, 6) is 0.940. The molecular formula is C16H32N2O2S. The second-order valence-corrected chi connectivity index (χ2v) is 9.87. The van der Waals surface area contributed by atoms with Gasteiger partial charge >= 0.3 is 0 Å². The van der Waals surface area contributed by atoms with E-state index in [0.717, 1.165) is 19.5 Å².